The highest BCUT2D eigenvalue weighted by atomic mass is 31.2. The Hall–Kier alpha value is -5.58. The molecule has 0 heterocycles. The summed E-state index contributed by atoms with van der Waals surface area (Å²) in [5.74, 6) is -2.31. The second-order valence-electron chi connectivity index (χ2n) is 26.9. The summed E-state index contributed by atoms with van der Waals surface area (Å²) in [5, 5.41) is 10.7. The van der Waals surface area contributed by atoms with E-state index in [4.69, 9.17) is 37.0 Å². The molecule has 0 bridgehead atoms. The molecule has 0 aliphatic carbocycles. The van der Waals surface area contributed by atoms with Gasteiger partial charge in [-0.3, -0.25) is 37.3 Å². The molecule has 0 fully saturated rings. The molecule has 5 atom stereocenters. The topological polar surface area (TPSA) is 237 Å². The highest BCUT2D eigenvalue weighted by Gasteiger charge is 2.30. The summed E-state index contributed by atoms with van der Waals surface area (Å²) in [6.07, 6.45) is 94.8. The van der Waals surface area contributed by atoms with Crippen molar-refractivity contribution in [1.29, 1.82) is 0 Å². The monoisotopic (exact) mass is 1550 g/mol. The number of hydrogen-bond acceptors (Lipinski definition) is 15. The van der Waals surface area contributed by atoms with Gasteiger partial charge in [-0.15, -0.1) is 0 Å². The number of hydrogen-bond donors (Lipinski definition) is 3. The van der Waals surface area contributed by atoms with Gasteiger partial charge in [0.05, 0.1) is 26.4 Å². The van der Waals surface area contributed by atoms with Gasteiger partial charge in [-0.2, -0.15) is 0 Å². The lowest BCUT2D eigenvalue weighted by Crippen LogP contribution is -2.30. The van der Waals surface area contributed by atoms with Crippen LogP contribution in [-0.2, 0) is 65.4 Å². The second kappa shape index (κ2) is 79.5. The van der Waals surface area contributed by atoms with E-state index < -0.39 is 97.5 Å². The fourth-order valence-corrected chi connectivity index (χ4v) is 12.1. The SMILES string of the molecule is CC/C=C\C/C=C\C/C=C\C/C=C\C/C=C\C/C=C\CCC(=O)OCC(COP(=O)(O)OCC(O)COP(=O)(O)OCC(COC(=O)CCCCCCCC/C=C\C/C=C\C/C=C\C/C=C\CC)OC(=O)CCCCCCCC/C=C\C/C=C\C/C=C\C/C=C\CC)OC(=O)CCCCCCCCCCCCC. The summed E-state index contributed by atoms with van der Waals surface area (Å²) in [6, 6.07) is 0. The minimum Gasteiger partial charge on any atom is -0.462 e. The van der Waals surface area contributed by atoms with E-state index in [0.29, 0.717) is 32.1 Å². The van der Waals surface area contributed by atoms with E-state index in [2.05, 4.69) is 180 Å². The maximum atomic E-state index is 13.1. The highest BCUT2D eigenvalue weighted by Crippen LogP contribution is 2.45. The minimum atomic E-state index is -5.00. The Labute approximate surface area is 654 Å². The second-order valence-corrected chi connectivity index (χ2v) is 29.8. The van der Waals surface area contributed by atoms with Gasteiger partial charge in [-0.25, -0.2) is 9.13 Å². The Morgan fingerprint density at radius 1 is 0.269 bits per heavy atom. The smallest absolute Gasteiger partial charge is 0.462 e. The molecule has 0 saturated heterocycles. The number of carbonyl (C=O) groups excluding carboxylic acids is 4. The summed E-state index contributed by atoms with van der Waals surface area (Å²) in [5.41, 5.74) is 0. The molecule has 0 spiro atoms. The number of aliphatic hydroxyl groups is 1. The number of aliphatic hydroxyl groups excluding tert-OH is 1. The molecule has 0 aromatic rings. The van der Waals surface area contributed by atoms with Crippen molar-refractivity contribution in [2.24, 2.45) is 0 Å². The molecule has 3 N–H and O–H groups in total. The Morgan fingerprint density at radius 2 is 0.500 bits per heavy atom. The van der Waals surface area contributed by atoms with Crippen LogP contribution in [0.25, 0.3) is 0 Å². The van der Waals surface area contributed by atoms with E-state index >= 15 is 0 Å². The summed E-state index contributed by atoms with van der Waals surface area (Å²) in [6.45, 7) is 4.42. The van der Waals surface area contributed by atoms with Gasteiger partial charge in [0.1, 0.15) is 19.3 Å². The highest BCUT2D eigenvalue weighted by molar-refractivity contribution is 7.47. The van der Waals surface area contributed by atoms with Crippen LogP contribution in [0.2, 0.25) is 0 Å². The fraction of sp³-hybridized carbons (Fsp3) is 0.640. The van der Waals surface area contributed by atoms with Gasteiger partial charge in [0.2, 0.25) is 0 Å². The largest absolute Gasteiger partial charge is 0.472 e. The standard InChI is InChI=1S/C89H146O17P2/c1-5-9-13-17-21-25-29-32-35-38-41-44-47-50-54-57-61-65-69-73-86(91)99-79-84(105-88(93)75-71-67-63-59-53-28-24-20-16-12-8-4)81-103-107(95,96)101-77-83(90)78-102-108(97,98)104-82-85(106-89(94)76-72-68-64-60-56-52-49-46-43-40-37-34-31-27-23-19-15-11-7-3)80-100-87(92)74-70-66-62-58-55-51-48-45-42-39-36-33-30-26-22-18-14-10-6-2/h9-11,13-15,21-23,25-27,32-37,41-46,50,54,61,65,83-85,90H,5-8,12,16-20,24,28-31,38-40,47-49,51-53,55-60,62-64,66-82H2,1-4H3,(H,95,96)(H,97,98)/b13-9-,14-10-,15-11-,25-21-,26-22-,27-23-,35-32-,36-33-,37-34-,44-41-,45-42-,46-43-,54-50-,65-61-. The maximum absolute atomic E-state index is 13.1. The third-order valence-corrected chi connectivity index (χ3v) is 18.6. The van der Waals surface area contributed by atoms with Crippen LogP contribution in [0.4, 0.5) is 0 Å². The van der Waals surface area contributed by atoms with Crippen LogP contribution in [0, 0.1) is 0 Å². The zero-order valence-electron chi connectivity index (χ0n) is 67.2. The number of esters is 4. The van der Waals surface area contributed by atoms with Gasteiger partial charge >= 0.3 is 39.5 Å². The Kier molecular flexibility index (Phi) is 75.4. The molecule has 0 aromatic carbocycles. The van der Waals surface area contributed by atoms with Crippen molar-refractivity contribution >= 4 is 39.5 Å². The number of phosphoric ester groups is 2. The molecule has 0 rings (SSSR count). The van der Waals surface area contributed by atoms with Crippen LogP contribution in [0.1, 0.15) is 310 Å². The summed E-state index contributed by atoms with van der Waals surface area (Å²) in [7, 11) is -10.00. The van der Waals surface area contributed by atoms with Crippen LogP contribution in [0.5, 0.6) is 0 Å². The molecule has 17 nitrogen and oxygen atoms in total. The average Bonchev–Trinajstić information content (AvgIpc) is 0.899. The van der Waals surface area contributed by atoms with Crippen LogP contribution in [-0.4, -0.2) is 96.7 Å². The molecule has 5 unspecified atom stereocenters. The van der Waals surface area contributed by atoms with E-state index in [-0.39, 0.29) is 25.7 Å². The molecule has 0 amide bonds. The van der Waals surface area contributed by atoms with Crippen molar-refractivity contribution in [2.75, 3.05) is 39.6 Å². The minimum absolute atomic E-state index is 0.0330. The number of phosphoric acid groups is 2. The summed E-state index contributed by atoms with van der Waals surface area (Å²) in [4.78, 5) is 73.1. The quantitative estimate of drug-likeness (QED) is 0.0169. The van der Waals surface area contributed by atoms with Crippen LogP contribution in [0.15, 0.2) is 170 Å². The Bertz CT molecular complexity index is 2710. The Morgan fingerprint density at radius 3 is 0.796 bits per heavy atom. The van der Waals surface area contributed by atoms with Crippen molar-refractivity contribution in [3.63, 3.8) is 0 Å². The number of allylic oxidation sites excluding steroid dienone is 28. The summed E-state index contributed by atoms with van der Waals surface area (Å²) >= 11 is 0. The molecule has 0 saturated carbocycles. The van der Waals surface area contributed by atoms with Gasteiger partial charge in [0.25, 0.3) is 0 Å². The van der Waals surface area contributed by atoms with E-state index in [1.807, 2.05) is 18.2 Å². The molecule has 0 aliphatic heterocycles. The molecule has 0 aromatic heterocycles. The number of rotatable bonds is 76. The predicted molar refractivity (Wildman–Crippen MR) is 445 cm³/mol. The third kappa shape index (κ3) is 78.5. The first-order chi connectivity index (χ1) is 52.7. The lowest BCUT2D eigenvalue weighted by molar-refractivity contribution is -0.161. The van der Waals surface area contributed by atoms with E-state index in [0.717, 1.165) is 186 Å². The molecule has 19 heteroatoms. The Balaban J connectivity index is 5.43. The van der Waals surface area contributed by atoms with E-state index in [9.17, 15) is 43.2 Å². The average molecular weight is 1550 g/mol. The van der Waals surface area contributed by atoms with E-state index in [1.54, 1.807) is 0 Å². The molecule has 0 radical (unpaired) electrons. The lowest BCUT2D eigenvalue weighted by Gasteiger charge is -2.21. The van der Waals surface area contributed by atoms with Gasteiger partial charge in [-0.1, -0.05) is 313 Å². The number of ether oxygens (including phenoxy) is 4. The van der Waals surface area contributed by atoms with E-state index in [1.165, 1.54) is 38.5 Å². The normalized spacial score (nSPS) is 14.7. The van der Waals surface area contributed by atoms with Crippen molar-refractivity contribution in [2.45, 2.75) is 329 Å². The van der Waals surface area contributed by atoms with Crippen molar-refractivity contribution < 1.29 is 80.2 Å². The lowest BCUT2D eigenvalue weighted by atomic mass is 10.1. The van der Waals surface area contributed by atoms with Crippen molar-refractivity contribution in [3.8, 4) is 0 Å². The third-order valence-electron chi connectivity index (χ3n) is 16.7. The predicted octanol–water partition coefficient (Wildman–Crippen LogP) is 24.6. The summed E-state index contributed by atoms with van der Waals surface area (Å²) < 4.78 is 68.6. The van der Waals surface area contributed by atoms with Crippen molar-refractivity contribution in [1.82, 2.24) is 0 Å². The number of unbranched alkanes of at least 4 members (excludes halogenated alkanes) is 22. The van der Waals surface area contributed by atoms with Crippen molar-refractivity contribution in [3.05, 3.63) is 170 Å². The number of carbonyl (C=O) groups is 4. The zero-order valence-corrected chi connectivity index (χ0v) is 69.0. The maximum Gasteiger partial charge on any atom is 0.472 e. The first-order valence-corrected chi connectivity index (χ1v) is 44.4. The molecular formula is C89H146O17P2. The van der Waals surface area contributed by atoms with Gasteiger partial charge in [0, 0.05) is 25.7 Å². The molecule has 0 aliphatic rings. The van der Waals surface area contributed by atoms with Gasteiger partial charge in [0.15, 0.2) is 12.2 Å². The van der Waals surface area contributed by atoms with Crippen LogP contribution in [0.3, 0.4) is 0 Å². The molecule has 614 valence electrons. The molecule has 108 heavy (non-hydrogen) atoms. The first-order valence-electron chi connectivity index (χ1n) is 41.4. The first kappa shape index (κ1) is 102. The van der Waals surface area contributed by atoms with Crippen LogP contribution < -0.4 is 0 Å². The zero-order chi connectivity index (χ0) is 78.9. The van der Waals surface area contributed by atoms with Gasteiger partial charge < -0.3 is 33.8 Å². The fourth-order valence-electron chi connectivity index (χ4n) is 10.5. The molecular weight excluding hydrogens is 1400 g/mol. The van der Waals surface area contributed by atoms with Gasteiger partial charge in [-0.05, 0) is 141 Å². The van der Waals surface area contributed by atoms with Crippen LogP contribution >= 0.6 is 15.6 Å².